The van der Waals surface area contributed by atoms with Crippen LogP contribution in [-0.2, 0) is 10.8 Å². The Morgan fingerprint density at radius 1 is 0.679 bits per heavy atom. The summed E-state index contributed by atoms with van der Waals surface area (Å²) in [6.45, 7) is 18.4. The molecular formula is C28H36. The fourth-order valence-corrected chi connectivity index (χ4v) is 4.10. The highest BCUT2D eigenvalue weighted by Crippen LogP contribution is 2.39. The lowest BCUT2D eigenvalue weighted by Gasteiger charge is -2.33. The molecule has 0 saturated heterocycles. The summed E-state index contributed by atoms with van der Waals surface area (Å²) in [7, 11) is 0. The third-order valence-corrected chi connectivity index (χ3v) is 7.11. The Labute approximate surface area is 172 Å². The number of hydrogen-bond donors (Lipinski definition) is 0. The van der Waals surface area contributed by atoms with Crippen LogP contribution in [0.1, 0.15) is 69.4 Å². The molecule has 0 saturated carbocycles. The van der Waals surface area contributed by atoms with Crippen LogP contribution in [0.15, 0.2) is 66.3 Å². The van der Waals surface area contributed by atoms with Gasteiger partial charge in [-0.1, -0.05) is 102 Å². The first-order chi connectivity index (χ1) is 13.0. The zero-order valence-corrected chi connectivity index (χ0v) is 18.9. The van der Waals surface area contributed by atoms with Crippen LogP contribution in [0.3, 0.4) is 0 Å². The zero-order valence-electron chi connectivity index (χ0n) is 18.9. The summed E-state index contributed by atoms with van der Waals surface area (Å²) in [6.07, 6.45) is 7.17. The summed E-state index contributed by atoms with van der Waals surface area (Å²) in [5.41, 5.74) is 8.27. The zero-order chi connectivity index (χ0) is 20.7. The average molecular weight is 373 g/mol. The third-order valence-electron chi connectivity index (χ3n) is 7.11. The summed E-state index contributed by atoms with van der Waals surface area (Å²) in [5.74, 6) is 1.21. The molecule has 2 atom stereocenters. The first-order valence-electron chi connectivity index (χ1n) is 10.6. The van der Waals surface area contributed by atoms with Gasteiger partial charge in [0.25, 0.3) is 0 Å². The molecule has 0 heterocycles. The normalized spacial score (nSPS) is 20.2. The molecule has 0 aliphatic heterocycles. The minimum Gasteiger partial charge on any atom is -0.0808 e. The van der Waals surface area contributed by atoms with Crippen molar-refractivity contribution in [3.63, 3.8) is 0 Å². The van der Waals surface area contributed by atoms with Gasteiger partial charge in [0.1, 0.15) is 0 Å². The van der Waals surface area contributed by atoms with Crippen molar-refractivity contribution in [2.75, 3.05) is 0 Å². The molecule has 0 amide bonds. The van der Waals surface area contributed by atoms with Gasteiger partial charge >= 0.3 is 0 Å². The molecule has 0 spiro atoms. The van der Waals surface area contributed by atoms with Crippen molar-refractivity contribution in [1.29, 1.82) is 0 Å². The number of aryl methyl sites for hydroxylation is 2. The van der Waals surface area contributed by atoms with E-state index in [1.165, 1.54) is 33.4 Å². The molecule has 0 nitrogen and oxygen atoms in total. The highest BCUT2D eigenvalue weighted by atomic mass is 14.3. The summed E-state index contributed by atoms with van der Waals surface area (Å²) < 4.78 is 0. The molecule has 0 radical (unpaired) electrons. The van der Waals surface area contributed by atoms with Crippen molar-refractivity contribution in [1.82, 2.24) is 0 Å². The average Bonchev–Trinajstić information content (AvgIpc) is 2.66. The molecule has 0 fully saturated rings. The Bertz CT molecular complexity index is 921. The molecule has 0 aromatic heterocycles. The van der Waals surface area contributed by atoms with Crippen molar-refractivity contribution in [2.24, 2.45) is 11.8 Å². The van der Waals surface area contributed by atoms with Gasteiger partial charge in [-0.2, -0.15) is 0 Å². The van der Waals surface area contributed by atoms with E-state index >= 15 is 0 Å². The standard InChI is InChI=1S/C28H36/c1-19-12-14-25(16-21(19)3)27(5,6)23-10-9-11-24(18-23)28(7,8)26-15-13-20(2)22(4)17-26/h9-19,21H,1-8H3. The van der Waals surface area contributed by atoms with Crippen LogP contribution < -0.4 is 0 Å². The summed E-state index contributed by atoms with van der Waals surface area (Å²) in [5, 5.41) is 0. The van der Waals surface area contributed by atoms with Gasteiger partial charge in [-0.15, -0.1) is 0 Å². The molecule has 3 rings (SSSR count). The first-order valence-corrected chi connectivity index (χ1v) is 10.6. The number of benzene rings is 2. The quantitative estimate of drug-likeness (QED) is 0.516. The smallest absolute Gasteiger partial charge is 0.0146 e. The lowest BCUT2D eigenvalue weighted by Crippen LogP contribution is -2.25. The molecule has 28 heavy (non-hydrogen) atoms. The van der Waals surface area contributed by atoms with Crippen LogP contribution in [0.5, 0.6) is 0 Å². The van der Waals surface area contributed by atoms with E-state index in [1.54, 1.807) is 0 Å². The minimum atomic E-state index is -0.0247. The second-order valence-electron chi connectivity index (χ2n) is 9.83. The Hall–Kier alpha value is -2.08. The van der Waals surface area contributed by atoms with E-state index in [1.807, 2.05) is 0 Å². The van der Waals surface area contributed by atoms with E-state index in [9.17, 15) is 0 Å². The number of rotatable bonds is 4. The topological polar surface area (TPSA) is 0 Å². The second-order valence-corrected chi connectivity index (χ2v) is 9.83. The van der Waals surface area contributed by atoms with E-state index in [2.05, 4.69) is 116 Å². The summed E-state index contributed by atoms with van der Waals surface area (Å²) in [4.78, 5) is 0. The Morgan fingerprint density at radius 3 is 1.89 bits per heavy atom. The van der Waals surface area contributed by atoms with Crippen LogP contribution in [0, 0.1) is 25.7 Å². The largest absolute Gasteiger partial charge is 0.0808 e. The van der Waals surface area contributed by atoms with Crippen molar-refractivity contribution < 1.29 is 0 Å². The highest BCUT2D eigenvalue weighted by Gasteiger charge is 2.30. The van der Waals surface area contributed by atoms with Crippen LogP contribution in [0.2, 0.25) is 0 Å². The predicted octanol–water partition coefficient (Wildman–Crippen LogP) is 7.68. The van der Waals surface area contributed by atoms with Gasteiger partial charge in [-0.05, 0) is 59.1 Å². The molecule has 0 bridgehead atoms. The van der Waals surface area contributed by atoms with Crippen molar-refractivity contribution in [3.05, 3.63) is 94.1 Å². The number of allylic oxidation sites excluding steroid dienone is 4. The Balaban J connectivity index is 2.01. The molecule has 1 aliphatic rings. The van der Waals surface area contributed by atoms with Gasteiger partial charge in [0, 0.05) is 10.8 Å². The van der Waals surface area contributed by atoms with Crippen LogP contribution in [0.4, 0.5) is 0 Å². The minimum absolute atomic E-state index is 0.000181. The van der Waals surface area contributed by atoms with Gasteiger partial charge < -0.3 is 0 Å². The van der Waals surface area contributed by atoms with Gasteiger partial charge in [-0.25, -0.2) is 0 Å². The maximum absolute atomic E-state index is 2.46. The summed E-state index contributed by atoms with van der Waals surface area (Å²) in [6, 6.07) is 16.1. The molecule has 0 N–H and O–H groups in total. The third kappa shape index (κ3) is 3.75. The molecule has 0 heteroatoms. The molecule has 2 aromatic rings. The predicted molar refractivity (Wildman–Crippen MR) is 123 cm³/mol. The van der Waals surface area contributed by atoms with Crippen molar-refractivity contribution >= 4 is 0 Å². The van der Waals surface area contributed by atoms with Crippen LogP contribution >= 0.6 is 0 Å². The van der Waals surface area contributed by atoms with Gasteiger partial charge in [-0.3, -0.25) is 0 Å². The monoisotopic (exact) mass is 372 g/mol. The van der Waals surface area contributed by atoms with Gasteiger partial charge in [0.2, 0.25) is 0 Å². The molecule has 2 aromatic carbocycles. The number of hydrogen-bond acceptors (Lipinski definition) is 0. The van der Waals surface area contributed by atoms with Gasteiger partial charge in [0.05, 0.1) is 0 Å². The highest BCUT2D eigenvalue weighted by molar-refractivity contribution is 5.47. The van der Waals surface area contributed by atoms with E-state index in [-0.39, 0.29) is 10.8 Å². The Kier molecular flexibility index (Phi) is 5.45. The SMILES string of the molecule is Cc1ccc(C(C)(C)c2cccc(C(C)(C)C3=CC(C)C(C)C=C3)c2)cc1C. The fourth-order valence-electron chi connectivity index (χ4n) is 4.10. The Morgan fingerprint density at radius 2 is 1.29 bits per heavy atom. The van der Waals surface area contributed by atoms with E-state index in [0.717, 1.165) is 0 Å². The van der Waals surface area contributed by atoms with E-state index in [0.29, 0.717) is 11.8 Å². The fraction of sp³-hybridized carbons (Fsp3) is 0.429. The van der Waals surface area contributed by atoms with Gasteiger partial charge in [0.15, 0.2) is 0 Å². The van der Waals surface area contributed by atoms with Crippen LogP contribution in [0.25, 0.3) is 0 Å². The molecule has 1 aliphatic carbocycles. The van der Waals surface area contributed by atoms with E-state index < -0.39 is 0 Å². The lowest BCUT2D eigenvalue weighted by atomic mass is 9.71. The molecule has 148 valence electrons. The van der Waals surface area contributed by atoms with E-state index in [4.69, 9.17) is 0 Å². The lowest BCUT2D eigenvalue weighted by molar-refractivity contribution is 0.525. The van der Waals surface area contributed by atoms with Crippen molar-refractivity contribution in [2.45, 2.75) is 66.2 Å². The maximum Gasteiger partial charge on any atom is 0.0146 e. The van der Waals surface area contributed by atoms with Crippen LogP contribution in [-0.4, -0.2) is 0 Å². The summed E-state index contributed by atoms with van der Waals surface area (Å²) >= 11 is 0. The maximum atomic E-state index is 2.46. The molecular weight excluding hydrogens is 336 g/mol. The van der Waals surface area contributed by atoms with Crippen molar-refractivity contribution in [3.8, 4) is 0 Å². The first kappa shape index (κ1) is 20.6. The second kappa shape index (κ2) is 7.39. The molecule has 2 unspecified atom stereocenters.